The van der Waals surface area contributed by atoms with Gasteiger partial charge in [0.2, 0.25) is 0 Å². The Morgan fingerprint density at radius 1 is 1.80 bits per heavy atom. The van der Waals surface area contributed by atoms with Gasteiger partial charge in [0.25, 0.3) is 0 Å². The largest absolute Gasteiger partial charge is 0.393 e. The molecule has 0 saturated carbocycles. The lowest BCUT2D eigenvalue weighted by molar-refractivity contribution is 0.194. The Labute approximate surface area is 60.1 Å². The van der Waals surface area contributed by atoms with Crippen LogP contribution in [-0.2, 0) is 6.42 Å². The molecule has 1 aromatic heterocycles. The topological polar surface area (TPSA) is 48.9 Å². The van der Waals surface area contributed by atoms with E-state index in [0.29, 0.717) is 6.42 Å². The Balaban J connectivity index is 2.65. The van der Waals surface area contributed by atoms with Gasteiger partial charge in [-0.05, 0) is 13.8 Å². The maximum absolute atomic E-state index is 8.99. The molecule has 10 heavy (non-hydrogen) atoms. The molecule has 56 valence electrons. The standard InChI is InChI=1S/C7H12N2O/c1-5(10)3-7-6(2)8-4-9-7/h4-5,10H,3H2,1-2H3,(H,8,9)/t5-/m0/s1. The molecular formula is C7H12N2O. The summed E-state index contributed by atoms with van der Waals surface area (Å²) >= 11 is 0. The van der Waals surface area contributed by atoms with Crippen molar-refractivity contribution in [1.29, 1.82) is 0 Å². The summed E-state index contributed by atoms with van der Waals surface area (Å²) in [5, 5.41) is 8.99. The van der Waals surface area contributed by atoms with Gasteiger partial charge >= 0.3 is 0 Å². The molecule has 0 aromatic carbocycles. The van der Waals surface area contributed by atoms with Gasteiger partial charge in [-0.2, -0.15) is 0 Å². The van der Waals surface area contributed by atoms with Crippen LogP contribution in [0.4, 0.5) is 0 Å². The molecule has 0 saturated heterocycles. The molecule has 0 aliphatic carbocycles. The van der Waals surface area contributed by atoms with Crippen molar-refractivity contribution >= 4 is 0 Å². The number of rotatable bonds is 2. The third kappa shape index (κ3) is 1.57. The van der Waals surface area contributed by atoms with Gasteiger partial charge in [0.15, 0.2) is 0 Å². The fourth-order valence-corrected chi connectivity index (χ4v) is 0.873. The van der Waals surface area contributed by atoms with E-state index in [9.17, 15) is 0 Å². The molecule has 1 aromatic rings. The average Bonchev–Trinajstić information content (AvgIpc) is 2.15. The van der Waals surface area contributed by atoms with E-state index in [1.54, 1.807) is 13.3 Å². The van der Waals surface area contributed by atoms with E-state index >= 15 is 0 Å². The van der Waals surface area contributed by atoms with Crippen molar-refractivity contribution in [3.63, 3.8) is 0 Å². The van der Waals surface area contributed by atoms with E-state index in [1.165, 1.54) is 0 Å². The highest BCUT2D eigenvalue weighted by molar-refractivity contribution is 5.09. The monoisotopic (exact) mass is 140 g/mol. The highest BCUT2D eigenvalue weighted by atomic mass is 16.3. The lowest BCUT2D eigenvalue weighted by Crippen LogP contribution is -2.05. The van der Waals surface area contributed by atoms with Gasteiger partial charge in [0.05, 0.1) is 18.1 Å². The molecule has 1 heterocycles. The lowest BCUT2D eigenvalue weighted by atomic mass is 10.2. The molecule has 0 radical (unpaired) electrons. The molecule has 0 fully saturated rings. The van der Waals surface area contributed by atoms with Crippen LogP contribution in [0.25, 0.3) is 0 Å². The van der Waals surface area contributed by atoms with E-state index in [2.05, 4.69) is 9.97 Å². The molecule has 1 rings (SSSR count). The highest BCUT2D eigenvalue weighted by Crippen LogP contribution is 2.03. The molecule has 0 bridgehead atoms. The number of aliphatic hydroxyl groups excluding tert-OH is 1. The second-order valence-electron chi connectivity index (χ2n) is 2.53. The number of H-pyrrole nitrogens is 1. The van der Waals surface area contributed by atoms with Crippen molar-refractivity contribution in [2.45, 2.75) is 26.4 Å². The van der Waals surface area contributed by atoms with Crippen LogP contribution < -0.4 is 0 Å². The van der Waals surface area contributed by atoms with Crippen molar-refractivity contribution < 1.29 is 5.11 Å². The minimum absolute atomic E-state index is 0.304. The fourth-order valence-electron chi connectivity index (χ4n) is 0.873. The molecule has 3 nitrogen and oxygen atoms in total. The van der Waals surface area contributed by atoms with Gasteiger partial charge in [-0.3, -0.25) is 0 Å². The Morgan fingerprint density at radius 2 is 2.50 bits per heavy atom. The minimum atomic E-state index is -0.304. The number of hydrogen-bond acceptors (Lipinski definition) is 2. The molecule has 0 aliphatic heterocycles. The molecule has 2 N–H and O–H groups in total. The summed E-state index contributed by atoms with van der Waals surface area (Å²) in [6.45, 7) is 3.71. The van der Waals surface area contributed by atoms with Crippen molar-refractivity contribution in [2.24, 2.45) is 0 Å². The summed E-state index contributed by atoms with van der Waals surface area (Å²) in [7, 11) is 0. The predicted molar refractivity (Wildman–Crippen MR) is 38.7 cm³/mol. The van der Waals surface area contributed by atoms with Gasteiger partial charge in [-0.15, -0.1) is 0 Å². The van der Waals surface area contributed by atoms with Crippen LogP contribution in [0.5, 0.6) is 0 Å². The molecule has 1 atom stereocenters. The summed E-state index contributed by atoms with van der Waals surface area (Å²) < 4.78 is 0. The Morgan fingerprint density at radius 3 is 2.90 bits per heavy atom. The first-order chi connectivity index (χ1) is 4.70. The van der Waals surface area contributed by atoms with Crippen molar-refractivity contribution in [2.75, 3.05) is 0 Å². The summed E-state index contributed by atoms with van der Waals surface area (Å²) in [5.41, 5.74) is 2.00. The first kappa shape index (κ1) is 7.28. The van der Waals surface area contributed by atoms with E-state index < -0.39 is 0 Å². The normalized spacial score (nSPS) is 13.5. The van der Waals surface area contributed by atoms with Crippen LogP contribution in [-0.4, -0.2) is 21.2 Å². The molecule has 0 spiro atoms. The highest BCUT2D eigenvalue weighted by Gasteiger charge is 2.03. The third-order valence-corrected chi connectivity index (χ3v) is 1.42. The number of aliphatic hydroxyl groups is 1. The number of aromatic amines is 1. The number of aryl methyl sites for hydroxylation is 1. The van der Waals surface area contributed by atoms with Gasteiger partial charge in [0, 0.05) is 12.1 Å². The minimum Gasteiger partial charge on any atom is -0.393 e. The number of aromatic nitrogens is 2. The zero-order valence-electron chi connectivity index (χ0n) is 6.26. The first-order valence-corrected chi connectivity index (χ1v) is 3.37. The molecule has 0 aliphatic rings. The SMILES string of the molecule is Cc1[nH]cnc1C[C@H](C)O. The van der Waals surface area contributed by atoms with Gasteiger partial charge in [-0.25, -0.2) is 4.98 Å². The van der Waals surface area contributed by atoms with E-state index in [4.69, 9.17) is 5.11 Å². The smallest absolute Gasteiger partial charge is 0.0925 e. The number of hydrogen-bond donors (Lipinski definition) is 2. The number of nitrogens with zero attached hydrogens (tertiary/aromatic N) is 1. The van der Waals surface area contributed by atoms with Crippen LogP contribution in [0.15, 0.2) is 6.33 Å². The maximum atomic E-state index is 8.99. The van der Waals surface area contributed by atoms with Crippen LogP contribution in [0.3, 0.4) is 0 Å². The fraction of sp³-hybridized carbons (Fsp3) is 0.571. The second-order valence-corrected chi connectivity index (χ2v) is 2.53. The van der Waals surface area contributed by atoms with E-state index in [-0.39, 0.29) is 6.10 Å². The molecule has 0 amide bonds. The van der Waals surface area contributed by atoms with Crippen molar-refractivity contribution in [1.82, 2.24) is 9.97 Å². The number of imidazole rings is 1. The number of nitrogens with one attached hydrogen (secondary N) is 1. The molecule has 0 unspecified atom stereocenters. The van der Waals surface area contributed by atoms with Crippen LogP contribution in [0.2, 0.25) is 0 Å². The maximum Gasteiger partial charge on any atom is 0.0925 e. The Bertz CT molecular complexity index is 205. The quantitative estimate of drug-likeness (QED) is 0.633. The van der Waals surface area contributed by atoms with E-state index in [0.717, 1.165) is 11.4 Å². The third-order valence-electron chi connectivity index (χ3n) is 1.42. The summed E-state index contributed by atoms with van der Waals surface area (Å²) in [6, 6.07) is 0. The van der Waals surface area contributed by atoms with Gasteiger partial charge < -0.3 is 10.1 Å². The van der Waals surface area contributed by atoms with Crippen molar-refractivity contribution in [3.05, 3.63) is 17.7 Å². The summed E-state index contributed by atoms with van der Waals surface area (Å²) in [6.07, 6.45) is 1.98. The zero-order valence-corrected chi connectivity index (χ0v) is 6.26. The van der Waals surface area contributed by atoms with Gasteiger partial charge in [0.1, 0.15) is 0 Å². The van der Waals surface area contributed by atoms with Crippen molar-refractivity contribution in [3.8, 4) is 0 Å². The summed E-state index contributed by atoms with van der Waals surface area (Å²) in [5.74, 6) is 0. The zero-order chi connectivity index (χ0) is 7.56. The first-order valence-electron chi connectivity index (χ1n) is 3.37. The van der Waals surface area contributed by atoms with Crippen LogP contribution >= 0.6 is 0 Å². The average molecular weight is 140 g/mol. The second kappa shape index (κ2) is 2.84. The predicted octanol–water partition coefficient (Wildman–Crippen LogP) is 0.641. The van der Waals surface area contributed by atoms with Gasteiger partial charge in [-0.1, -0.05) is 0 Å². The Hall–Kier alpha value is -0.830. The van der Waals surface area contributed by atoms with Crippen LogP contribution in [0.1, 0.15) is 18.3 Å². The van der Waals surface area contributed by atoms with Crippen LogP contribution in [0, 0.1) is 6.92 Å². The molecule has 3 heteroatoms. The lowest BCUT2D eigenvalue weighted by Gasteiger charge is -2.00. The Kier molecular flexibility index (Phi) is 2.06. The molecular weight excluding hydrogens is 128 g/mol. The van der Waals surface area contributed by atoms with E-state index in [1.807, 2.05) is 6.92 Å². The summed E-state index contributed by atoms with van der Waals surface area (Å²) in [4.78, 5) is 6.99.